The molecule has 0 atom stereocenters. The largest absolute Gasteiger partial charge is 0.345 e. The van der Waals surface area contributed by atoms with Crippen LogP contribution in [0.3, 0.4) is 0 Å². The standard InChI is InChI=1S/C12H7BrN4O2/c13-9-5-14-12-10(9)11(15-6-16-12)7-2-1-3-8(4-7)17(18)19/h1-6H,(H,14,15,16). The average Bonchev–Trinajstić information content (AvgIpc) is 2.81. The number of aromatic amines is 1. The van der Waals surface area contributed by atoms with Crippen molar-refractivity contribution in [3.63, 3.8) is 0 Å². The van der Waals surface area contributed by atoms with Gasteiger partial charge in [-0.3, -0.25) is 10.1 Å². The third-order valence-corrected chi connectivity index (χ3v) is 3.38. The van der Waals surface area contributed by atoms with Gasteiger partial charge in [0.05, 0.1) is 16.0 Å². The highest BCUT2D eigenvalue weighted by Crippen LogP contribution is 2.32. The first-order valence-corrected chi connectivity index (χ1v) is 6.18. The lowest BCUT2D eigenvalue weighted by molar-refractivity contribution is -0.384. The van der Waals surface area contributed by atoms with Gasteiger partial charge in [-0.15, -0.1) is 0 Å². The number of H-pyrrole nitrogens is 1. The van der Waals surface area contributed by atoms with Crippen molar-refractivity contribution in [2.24, 2.45) is 0 Å². The van der Waals surface area contributed by atoms with Gasteiger partial charge in [-0.1, -0.05) is 12.1 Å². The molecule has 0 radical (unpaired) electrons. The second-order valence-corrected chi connectivity index (χ2v) is 4.74. The van der Waals surface area contributed by atoms with E-state index >= 15 is 0 Å². The van der Waals surface area contributed by atoms with E-state index in [1.165, 1.54) is 18.5 Å². The van der Waals surface area contributed by atoms with Crippen LogP contribution in [0, 0.1) is 10.1 Å². The zero-order valence-corrected chi connectivity index (χ0v) is 11.1. The molecule has 94 valence electrons. The summed E-state index contributed by atoms with van der Waals surface area (Å²) in [4.78, 5) is 21.7. The summed E-state index contributed by atoms with van der Waals surface area (Å²) in [7, 11) is 0. The van der Waals surface area contributed by atoms with E-state index in [4.69, 9.17) is 0 Å². The number of nitrogens with zero attached hydrogens (tertiary/aromatic N) is 3. The summed E-state index contributed by atoms with van der Waals surface area (Å²) in [6, 6.07) is 6.38. The highest BCUT2D eigenvalue weighted by Gasteiger charge is 2.13. The molecule has 0 unspecified atom stereocenters. The maximum absolute atomic E-state index is 10.8. The molecule has 0 aliphatic rings. The summed E-state index contributed by atoms with van der Waals surface area (Å²) in [6.45, 7) is 0. The maximum atomic E-state index is 10.8. The minimum atomic E-state index is -0.423. The lowest BCUT2D eigenvalue weighted by Gasteiger charge is -2.02. The number of hydrogen-bond acceptors (Lipinski definition) is 4. The third-order valence-electron chi connectivity index (χ3n) is 2.75. The quantitative estimate of drug-likeness (QED) is 0.580. The topological polar surface area (TPSA) is 84.7 Å². The number of non-ortho nitro benzene ring substituents is 1. The number of hydrogen-bond donors (Lipinski definition) is 1. The predicted octanol–water partition coefficient (Wildman–Crippen LogP) is 3.30. The van der Waals surface area contributed by atoms with Gasteiger partial charge in [0.1, 0.15) is 12.0 Å². The normalized spacial score (nSPS) is 10.8. The van der Waals surface area contributed by atoms with E-state index in [1.807, 2.05) is 0 Å². The zero-order chi connectivity index (χ0) is 13.4. The highest BCUT2D eigenvalue weighted by molar-refractivity contribution is 9.10. The SMILES string of the molecule is O=[N+]([O-])c1cccc(-c2ncnc3[nH]cc(Br)c23)c1. The number of fused-ring (bicyclic) bond motifs is 1. The Morgan fingerprint density at radius 2 is 2.16 bits per heavy atom. The fourth-order valence-corrected chi connectivity index (χ4v) is 2.40. The molecule has 0 aliphatic heterocycles. The Balaban J connectivity index is 2.27. The van der Waals surface area contributed by atoms with Crippen LogP contribution in [-0.4, -0.2) is 19.9 Å². The molecular weight excluding hydrogens is 312 g/mol. The third kappa shape index (κ3) is 1.97. The van der Waals surface area contributed by atoms with Gasteiger partial charge in [0, 0.05) is 28.4 Å². The zero-order valence-electron chi connectivity index (χ0n) is 9.50. The summed E-state index contributed by atoms with van der Waals surface area (Å²) in [5.74, 6) is 0. The van der Waals surface area contributed by atoms with Gasteiger partial charge in [0.15, 0.2) is 0 Å². The molecule has 3 aromatic rings. The van der Waals surface area contributed by atoms with Gasteiger partial charge in [-0.25, -0.2) is 9.97 Å². The molecule has 0 spiro atoms. The minimum Gasteiger partial charge on any atom is -0.345 e. The van der Waals surface area contributed by atoms with Crippen molar-refractivity contribution in [1.29, 1.82) is 0 Å². The first kappa shape index (κ1) is 11.8. The molecule has 2 aromatic heterocycles. The molecular formula is C12H7BrN4O2. The molecule has 19 heavy (non-hydrogen) atoms. The van der Waals surface area contributed by atoms with E-state index in [1.54, 1.807) is 18.3 Å². The van der Waals surface area contributed by atoms with Crippen LogP contribution in [0.2, 0.25) is 0 Å². The van der Waals surface area contributed by atoms with Crippen LogP contribution in [0.4, 0.5) is 5.69 Å². The summed E-state index contributed by atoms with van der Waals surface area (Å²) >= 11 is 3.42. The Hall–Kier alpha value is -2.28. The molecule has 0 bridgehead atoms. The molecule has 1 aromatic carbocycles. The lowest BCUT2D eigenvalue weighted by Crippen LogP contribution is -1.91. The number of rotatable bonds is 2. The molecule has 0 saturated carbocycles. The summed E-state index contributed by atoms with van der Waals surface area (Å²) < 4.78 is 0.824. The van der Waals surface area contributed by atoms with Crippen molar-refractivity contribution in [1.82, 2.24) is 15.0 Å². The van der Waals surface area contributed by atoms with Crippen LogP contribution in [-0.2, 0) is 0 Å². The van der Waals surface area contributed by atoms with E-state index in [9.17, 15) is 10.1 Å². The molecule has 6 nitrogen and oxygen atoms in total. The molecule has 1 N–H and O–H groups in total. The molecule has 0 fully saturated rings. The van der Waals surface area contributed by atoms with Crippen molar-refractivity contribution in [3.05, 3.63) is 51.4 Å². The second kappa shape index (κ2) is 4.43. The Morgan fingerprint density at radius 1 is 1.32 bits per heavy atom. The van der Waals surface area contributed by atoms with E-state index in [0.717, 1.165) is 9.86 Å². The minimum absolute atomic E-state index is 0.0379. The Morgan fingerprint density at radius 3 is 2.95 bits per heavy atom. The Labute approximate surface area is 115 Å². The average molecular weight is 319 g/mol. The van der Waals surface area contributed by atoms with E-state index in [2.05, 4.69) is 30.9 Å². The molecule has 2 heterocycles. The van der Waals surface area contributed by atoms with Crippen LogP contribution < -0.4 is 0 Å². The molecule has 0 aliphatic carbocycles. The molecule has 7 heteroatoms. The second-order valence-electron chi connectivity index (χ2n) is 3.89. The maximum Gasteiger partial charge on any atom is 0.270 e. The summed E-state index contributed by atoms with van der Waals surface area (Å²) in [5.41, 5.74) is 2.06. The van der Waals surface area contributed by atoms with Crippen molar-refractivity contribution in [3.8, 4) is 11.3 Å². The molecule has 3 rings (SSSR count). The van der Waals surface area contributed by atoms with Crippen molar-refractivity contribution >= 4 is 32.7 Å². The van der Waals surface area contributed by atoms with Gasteiger partial charge in [0.2, 0.25) is 0 Å². The Kier molecular flexibility index (Phi) is 2.75. The smallest absolute Gasteiger partial charge is 0.270 e. The highest BCUT2D eigenvalue weighted by atomic mass is 79.9. The fourth-order valence-electron chi connectivity index (χ4n) is 1.91. The van der Waals surface area contributed by atoms with Crippen molar-refractivity contribution < 1.29 is 4.92 Å². The van der Waals surface area contributed by atoms with Crippen molar-refractivity contribution in [2.75, 3.05) is 0 Å². The van der Waals surface area contributed by atoms with Gasteiger partial charge >= 0.3 is 0 Å². The van der Waals surface area contributed by atoms with Crippen LogP contribution >= 0.6 is 15.9 Å². The number of benzene rings is 1. The lowest BCUT2D eigenvalue weighted by atomic mass is 10.1. The predicted molar refractivity (Wildman–Crippen MR) is 73.7 cm³/mol. The van der Waals surface area contributed by atoms with Crippen LogP contribution in [0.1, 0.15) is 0 Å². The van der Waals surface area contributed by atoms with E-state index in [-0.39, 0.29) is 5.69 Å². The Bertz CT molecular complexity index is 784. The van der Waals surface area contributed by atoms with Gasteiger partial charge in [-0.05, 0) is 15.9 Å². The first-order chi connectivity index (χ1) is 9.16. The van der Waals surface area contributed by atoms with E-state index < -0.39 is 4.92 Å². The van der Waals surface area contributed by atoms with Crippen LogP contribution in [0.15, 0.2) is 41.3 Å². The van der Waals surface area contributed by atoms with Crippen LogP contribution in [0.5, 0.6) is 0 Å². The molecule has 0 saturated heterocycles. The number of nitro groups is 1. The van der Waals surface area contributed by atoms with E-state index in [0.29, 0.717) is 16.9 Å². The molecule has 0 amide bonds. The number of nitro benzene ring substituents is 1. The summed E-state index contributed by atoms with van der Waals surface area (Å²) in [5, 5.41) is 11.6. The number of halogens is 1. The van der Waals surface area contributed by atoms with Gasteiger partial charge in [-0.2, -0.15) is 0 Å². The fraction of sp³-hybridized carbons (Fsp3) is 0. The monoisotopic (exact) mass is 318 g/mol. The number of nitrogens with one attached hydrogen (secondary N) is 1. The van der Waals surface area contributed by atoms with Gasteiger partial charge < -0.3 is 4.98 Å². The van der Waals surface area contributed by atoms with Gasteiger partial charge in [0.25, 0.3) is 5.69 Å². The number of aromatic nitrogens is 3. The first-order valence-electron chi connectivity index (χ1n) is 5.39. The van der Waals surface area contributed by atoms with Crippen LogP contribution in [0.25, 0.3) is 22.3 Å². The summed E-state index contributed by atoms with van der Waals surface area (Å²) in [6.07, 6.45) is 3.19. The van der Waals surface area contributed by atoms with Crippen molar-refractivity contribution in [2.45, 2.75) is 0 Å².